The normalized spacial score (nSPS) is 14.2. The minimum Gasteiger partial charge on any atom is -0.345 e. The van der Waals surface area contributed by atoms with Gasteiger partial charge in [0.25, 0.3) is 15.9 Å². The number of para-hydroxylation sites is 1. The van der Waals surface area contributed by atoms with Crippen molar-refractivity contribution >= 4 is 21.6 Å². The first-order valence-corrected chi connectivity index (χ1v) is 12.9. The van der Waals surface area contributed by atoms with E-state index >= 15 is 0 Å². The van der Waals surface area contributed by atoms with Crippen LogP contribution in [0, 0.1) is 0 Å². The van der Waals surface area contributed by atoms with Crippen LogP contribution in [0.25, 0.3) is 0 Å². The second-order valence-corrected chi connectivity index (χ2v) is 10.4. The Morgan fingerprint density at radius 3 is 2.33 bits per heavy atom. The minimum absolute atomic E-state index is 0.145. The summed E-state index contributed by atoms with van der Waals surface area (Å²) < 4.78 is 27.5. The third kappa shape index (κ3) is 4.81. The van der Waals surface area contributed by atoms with Gasteiger partial charge >= 0.3 is 0 Å². The van der Waals surface area contributed by atoms with Crippen molar-refractivity contribution in [2.45, 2.75) is 50.0 Å². The topological polar surface area (TPSA) is 66.5 Å². The van der Waals surface area contributed by atoms with E-state index in [0.717, 1.165) is 24.8 Å². The SMILES string of the molecule is CC[C@@H](NC(=O)c1ccccc1N(C)S(=O)(=O)c1ccccc1)c1ccc2c(c1)CCCC2. The van der Waals surface area contributed by atoms with Gasteiger partial charge in [0.1, 0.15) is 0 Å². The quantitative estimate of drug-likeness (QED) is 0.520. The van der Waals surface area contributed by atoms with Crippen LogP contribution in [0.5, 0.6) is 0 Å². The summed E-state index contributed by atoms with van der Waals surface area (Å²) in [6.07, 6.45) is 5.38. The molecule has 1 atom stereocenters. The smallest absolute Gasteiger partial charge is 0.264 e. The molecule has 0 fully saturated rings. The summed E-state index contributed by atoms with van der Waals surface area (Å²) in [5, 5.41) is 3.13. The highest BCUT2D eigenvalue weighted by Gasteiger charge is 2.26. The van der Waals surface area contributed by atoms with Crippen LogP contribution in [-0.2, 0) is 22.9 Å². The lowest BCUT2D eigenvalue weighted by Crippen LogP contribution is -2.32. The number of benzene rings is 3. The van der Waals surface area contributed by atoms with Gasteiger partial charge in [-0.15, -0.1) is 0 Å². The summed E-state index contributed by atoms with van der Waals surface area (Å²) in [4.78, 5) is 13.5. The largest absolute Gasteiger partial charge is 0.345 e. The molecule has 0 saturated heterocycles. The second kappa shape index (κ2) is 9.79. The monoisotopic (exact) mass is 462 g/mol. The molecule has 1 aliphatic rings. The van der Waals surface area contributed by atoms with Crippen LogP contribution >= 0.6 is 0 Å². The maximum atomic E-state index is 13.3. The molecule has 5 nitrogen and oxygen atoms in total. The summed E-state index contributed by atoms with van der Waals surface area (Å²) in [6, 6.07) is 21.4. The van der Waals surface area contributed by atoms with Gasteiger partial charge in [0.15, 0.2) is 0 Å². The van der Waals surface area contributed by atoms with Crippen molar-refractivity contribution in [3.05, 3.63) is 95.1 Å². The molecule has 172 valence electrons. The van der Waals surface area contributed by atoms with Crippen molar-refractivity contribution in [2.75, 3.05) is 11.4 Å². The number of carbonyl (C=O) groups is 1. The zero-order valence-corrected chi connectivity index (χ0v) is 19.9. The Bertz CT molecular complexity index is 1240. The van der Waals surface area contributed by atoms with Crippen LogP contribution in [0.15, 0.2) is 77.7 Å². The van der Waals surface area contributed by atoms with Crippen molar-refractivity contribution in [3.8, 4) is 0 Å². The van der Waals surface area contributed by atoms with Crippen LogP contribution in [-0.4, -0.2) is 21.4 Å². The zero-order valence-electron chi connectivity index (χ0n) is 19.1. The fourth-order valence-electron chi connectivity index (χ4n) is 4.45. The molecule has 0 bridgehead atoms. The van der Waals surface area contributed by atoms with Crippen LogP contribution in [0.2, 0.25) is 0 Å². The molecule has 0 aliphatic heterocycles. The first-order chi connectivity index (χ1) is 15.9. The van der Waals surface area contributed by atoms with E-state index in [-0.39, 0.29) is 16.8 Å². The molecule has 0 heterocycles. The summed E-state index contributed by atoms with van der Waals surface area (Å²) in [6.45, 7) is 2.04. The van der Waals surface area contributed by atoms with Gasteiger partial charge in [-0.3, -0.25) is 9.10 Å². The Kier molecular flexibility index (Phi) is 6.84. The Morgan fingerprint density at radius 2 is 1.61 bits per heavy atom. The molecular weight excluding hydrogens is 432 g/mol. The van der Waals surface area contributed by atoms with E-state index in [4.69, 9.17) is 0 Å². The van der Waals surface area contributed by atoms with Crippen molar-refractivity contribution < 1.29 is 13.2 Å². The minimum atomic E-state index is -3.79. The molecule has 1 amide bonds. The Labute approximate surface area is 196 Å². The van der Waals surface area contributed by atoms with Gasteiger partial charge < -0.3 is 5.32 Å². The highest BCUT2D eigenvalue weighted by molar-refractivity contribution is 7.92. The van der Waals surface area contributed by atoms with Gasteiger partial charge in [-0.05, 0) is 73.1 Å². The molecule has 3 aromatic carbocycles. The van der Waals surface area contributed by atoms with Crippen molar-refractivity contribution in [2.24, 2.45) is 0 Å². The zero-order chi connectivity index (χ0) is 23.4. The average Bonchev–Trinajstić information content (AvgIpc) is 2.86. The number of aryl methyl sites for hydroxylation is 2. The molecule has 0 spiro atoms. The molecule has 1 N–H and O–H groups in total. The highest BCUT2D eigenvalue weighted by atomic mass is 32.2. The second-order valence-electron chi connectivity index (χ2n) is 8.47. The highest BCUT2D eigenvalue weighted by Crippen LogP contribution is 2.28. The molecule has 0 saturated carbocycles. The van der Waals surface area contributed by atoms with Gasteiger partial charge in [0, 0.05) is 7.05 Å². The fourth-order valence-corrected chi connectivity index (χ4v) is 5.68. The van der Waals surface area contributed by atoms with Gasteiger partial charge in [-0.1, -0.05) is 55.5 Å². The average molecular weight is 463 g/mol. The first-order valence-electron chi connectivity index (χ1n) is 11.5. The third-order valence-corrected chi connectivity index (χ3v) is 8.16. The summed E-state index contributed by atoms with van der Waals surface area (Å²) >= 11 is 0. The lowest BCUT2D eigenvalue weighted by atomic mass is 9.88. The Hall–Kier alpha value is -3.12. The van der Waals surface area contributed by atoms with E-state index in [2.05, 4.69) is 23.5 Å². The van der Waals surface area contributed by atoms with Crippen LogP contribution in [0.4, 0.5) is 5.69 Å². The summed E-state index contributed by atoms with van der Waals surface area (Å²) in [5.41, 5.74) is 4.55. The molecule has 4 rings (SSSR count). The summed E-state index contributed by atoms with van der Waals surface area (Å²) in [7, 11) is -2.31. The van der Waals surface area contributed by atoms with Gasteiger partial charge in [0.05, 0.1) is 22.2 Å². The Balaban J connectivity index is 1.60. The Morgan fingerprint density at radius 1 is 0.939 bits per heavy atom. The molecule has 0 radical (unpaired) electrons. The predicted molar refractivity (Wildman–Crippen MR) is 132 cm³/mol. The number of nitrogens with zero attached hydrogens (tertiary/aromatic N) is 1. The van der Waals surface area contributed by atoms with Gasteiger partial charge in [-0.2, -0.15) is 0 Å². The van der Waals surface area contributed by atoms with Crippen molar-refractivity contribution in [1.82, 2.24) is 5.32 Å². The van der Waals surface area contributed by atoms with E-state index in [1.807, 2.05) is 6.92 Å². The molecular formula is C27H30N2O3S. The molecule has 0 unspecified atom stereocenters. The molecule has 1 aliphatic carbocycles. The molecule has 0 aromatic heterocycles. The number of sulfonamides is 1. The third-order valence-electron chi connectivity index (χ3n) is 6.38. The van der Waals surface area contributed by atoms with Crippen molar-refractivity contribution in [1.29, 1.82) is 0 Å². The number of fused-ring (bicyclic) bond motifs is 1. The lowest BCUT2D eigenvalue weighted by Gasteiger charge is -2.24. The number of rotatable bonds is 7. The fraction of sp³-hybridized carbons (Fsp3) is 0.296. The molecule has 6 heteroatoms. The number of nitrogens with one attached hydrogen (secondary N) is 1. The number of anilines is 1. The van der Waals surface area contributed by atoms with E-state index in [1.54, 1.807) is 54.6 Å². The van der Waals surface area contributed by atoms with Crippen LogP contribution in [0.1, 0.15) is 59.3 Å². The maximum absolute atomic E-state index is 13.3. The van der Waals surface area contributed by atoms with Crippen molar-refractivity contribution in [3.63, 3.8) is 0 Å². The molecule has 3 aromatic rings. The van der Waals surface area contributed by atoms with E-state index in [0.29, 0.717) is 11.3 Å². The van der Waals surface area contributed by atoms with Crippen LogP contribution in [0.3, 0.4) is 0 Å². The standard InChI is InChI=1S/C27H30N2O3S/c1-3-25(22-18-17-20-11-7-8-12-21(20)19-22)28-27(30)24-15-9-10-16-26(24)29(2)33(31,32)23-13-5-4-6-14-23/h4-6,9-10,13-19,25H,3,7-8,11-12H2,1-2H3,(H,28,30)/t25-/m1/s1. The van der Waals surface area contributed by atoms with E-state index in [1.165, 1.54) is 35.3 Å². The first kappa shape index (κ1) is 23.1. The number of hydrogen-bond acceptors (Lipinski definition) is 3. The number of amides is 1. The van der Waals surface area contributed by atoms with Gasteiger partial charge in [-0.25, -0.2) is 8.42 Å². The van der Waals surface area contributed by atoms with Crippen LogP contribution < -0.4 is 9.62 Å². The number of carbonyl (C=O) groups excluding carboxylic acids is 1. The maximum Gasteiger partial charge on any atom is 0.264 e. The van der Waals surface area contributed by atoms with E-state index in [9.17, 15) is 13.2 Å². The number of hydrogen-bond donors (Lipinski definition) is 1. The predicted octanol–water partition coefficient (Wildman–Crippen LogP) is 5.27. The lowest BCUT2D eigenvalue weighted by molar-refractivity contribution is 0.0936. The summed E-state index contributed by atoms with van der Waals surface area (Å²) in [5.74, 6) is -0.287. The van der Waals surface area contributed by atoms with Gasteiger partial charge in [0.2, 0.25) is 0 Å². The van der Waals surface area contributed by atoms with E-state index < -0.39 is 10.0 Å². The molecule has 33 heavy (non-hydrogen) atoms.